The highest BCUT2D eigenvalue weighted by Crippen LogP contribution is 2.24. The second-order valence-corrected chi connectivity index (χ2v) is 9.48. The number of hydrogen-bond donors (Lipinski definition) is 2. The van der Waals surface area contributed by atoms with E-state index < -0.39 is 21.5 Å². The van der Waals surface area contributed by atoms with Crippen molar-refractivity contribution in [3.63, 3.8) is 0 Å². The molecule has 7 nitrogen and oxygen atoms in total. The van der Waals surface area contributed by atoms with Crippen molar-refractivity contribution in [2.24, 2.45) is 0 Å². The van der Waals surface area contributed by atoms with E-state index >= 15 is 0 Å². The lowest BCUT2D eigenvalue weighted by molar-refractivity contribution is 0.102. The third-order valence-electron chi connectivity index (χ3n) is 2.47. The Morgan fingerprint density at radius 2 is 1.88 bits per heavy atom. The van der Waals surface area contributed by atoms with Gasteiger partial charge in [-0.25, -0.2) is 13.1 Å². The zero-order valence-electron chi connectivity index (χ0n) is 12.9. The van der Waals surface area contributed by atoms with Gasteiger partial charge in [0.15, 0.2) is 0 Å². The van der Waals surface area contributed by atoms with E-state index in [1.54, 1.807) is 20.8 Å². The molecule has 0 spiro atoms. The molecule has 0 atom stereocenters. The average molecular weight is 409 g/mol. The first-order valence-electron chi connectivity index (χ1n) is 6.62. The van der Waals surface area contributed by atoms with Gasteiger partial charge in [0.1, 0.15) is 0 Å². The summed E-state index contributed by atoms with van der Waals surface area (Å²) in [6.45, 7) is 5.12. The molecular formula is C13H14Cl2N4O3S2. The third kappa shape index (κ3) is 4.87. The molecule has 1 heterocycles. The minimum absolute atomic E-state index is 0.0419. The summed E-state index contributed by atoms with van der Waals surface area (Å²) in [5.74, 6) is -0.541. The second kappa shape index (κ2) is 6.93. The first-order valence-corrected chi connectivity index (χ1v) is 9.67. The number of benzene rings is 1. The fourth-order valence-electron chi connectivity index (χ4n) is 1.65. The van der Waals surface area contributed by atoms with Crippen LogP contribution in [-0.2, 0) is 10.0 Å². The molecule has 0 saturated carbocycles. The van der Waals surface area contributed by atoms with Crippen molar-refractivity contribution in [2.45, 2.75) is 30.6 Å². The van der Waals surface area contributed by atoms with Crippen LogP contribution in [0.1, 0.15) is 31.1 Å². The summed E-state index contributed by atoms with van der Waals surface area (Å²) < 4.78 is 26.5. The largest absolute Gasteiger partial charge is 0.296 e. The van der Waals surface area contributed by atoms with Crippen LogP contribution in [0.5, 0.6) is 0 Å². The van der Waals surface area contributed by atoms with E-state index in [1.807, 2.05) is 0 Å². The Labute approximate surface area is 153 Å². The number of aromatic nitrogens is 2. The Hall–Kier alpha value is -1.26. The van der Waals surface area contributed by atoms with E-state index in [0.29, 0.717) is 5.02 Å². The van der Waals surface area contributed by atoms with Crippen LogP contribution in [-0.4, -0.2) is 30.1 Å². The van der Waals surface area contributed by atoms with Gasteiger partial charge >= 0.3 is 0 Å². The van der Waals surface area contributed by atoms with E-state index in [0.717, 1.165) is 11.3 Å². The van der Waals surface area contributed by atoms with E-state index in [2.05, 4.69) is 20.2 Å². The number of carbonyl (C=O) groups is 1. The number of sulfonamides is 1. The molecule has 0 unspecified atom stereocenters. The monoisotopic (exact) mass is 408 g/mol. The highest BCUT2D eigenvalue weighted by Gasteiger charge is 2.26. The summed E-state index contributed by atoms with van der Waals surface area (Å²) in [6.07, 6.45) is 0. The molecule has 2 rings (SSSR count). The van der Waals surface area contributed by atoms with Crippen molar-refractivity contribution in [1.82, 2.24) is 14.9 Å². The lowest BCUT2D eigenvalue weighted by Gasteiger charge is -2.18. The summed E-state index contributed by atoms with van der Waals surface area (Å²) in [7, 11) is -3.81. The molecule has 11 heteroatoms. The Bertz CT molecular complexity index is 876. The minimum Gasteiger partial charge on any atom is -0.296 e. The molecular weight excluding hydrogens is 395 g/mol. The maximum atomic E-state index is 12.2. The van der Waals surface area contributed by atoms with Gasteiger partial charge in [0, 0.05) is 10.6 Å². The molecule has 2 N–H and O–H groups in total. The SMILES string of the molecule is CC(C)(C)NS(=O)(=O)c1nnc(NC(=O)c2ccc(Cl)cc2Cl)s1. The van der Waals surface area contributed by atoms with Gasteiger partial charge in [0.2, 0.25) is 9.47 Å². The lowest BCUT2D eigenvalue weighted by Crippen LogP contribution is -2.40. The molecule has 0 aliphatic rings. The molecule has 2 aromatic rings. The molecule has 0 radical (unpaired) electrons. The highest BCUT2D eigenvalue weighted by molar-refractivity contribution is 7.91. The molecule has 0 bridgehead atoms. The number of amides is 1. The van der Waals surface area contributed by atoms with Crippen LogP contribution in [0.2, 0.25) is 10.0 Å². The average Bonchev–Trinajstić information content (AvgIpc) is 2.84. The zero-order valence-corrected chi connectivity index (χ0v) is 16.1. The third-order valence-corrected chi connectivity index (χ3v) is 5.99. The highest BCUT2D eigenvalue weighted by atomic mass is 35.5. The summed E-state index contributed by atoms with van der Waals surface area (Å²) in [6, 6.07) is 4.41. The molecule has 130 valence electrons. The van der Waals surface area contributed by atoms with Crippen LogP contribution in [0.4, 0.5) is 5.13 Å². The Morgan fingerprint density at radius 3 is 2.46 bits per heavy atom. The lowest BCUT2D eigenvalue weighted by atomic mass is 10.1. The zero-order chi connectivity index (χ0) is 18.1. The van der Waals surface area contributed by atoms with Gasteiger partial charge in [-0.05, 0) is 39.0 Å². The number of hydrogen-bond acceptors (Lipinski definition) is 6. The number of nitrogens with zero attached hydrogens (tertiary/aromatic N) is 2. The van der Waals surface area contributed by atoms with Crippen molar-refractivity contribution >= 4 is 55.6 Å². The van der Waals surface area contributed by atoms with Crippen molar-refractivity contribution in [1.29, 1.82) is 0 Å². The molecule has 0 fully saturated rings. The summed E-state index contributed by atoms with van der Waals surface area (Å²) in [5.41, 5.74) is -0.474. The van der Waals surface area contributed by atoms with Gasteiger partial charge in [-0.2, -0.15) is 0 Å². The van der Waals surface area contributed by atoms with Gasteiger partial charge in [0.25, 0.3) is 15.9 Å². The van der Waals surface area contributed by atoms with E-state index in [4.69, 9.17) is 23.2 Å². The van der Waals surface area contributed by atoms with Crippen LogP contribution >= 0.6 is 34.5 Å². The fraction of sp³-hybridized carbons (Fsp3) is 0.308. The number of nitrogens with one attached hydrogen (secondary N) is 2. The standard InChI is InChI=1S/C13H14Cl2N4O3S2/c1-13(2,3)19-24(21,22)12-18-17-11(23-12)16-10(20)8-5-4-7(14)6-9(8)15/h4-6,19H,1-3H3,(H,16,17,20). The maximum Gasteiger partial charge on any atom is 0.270 e. The first-order chi connectivity index (χ1) is 11.0. The summed E-state index contributed by atoms with van der Waals surface area (Å²) in [4.78, 5) is 12.2. The number of rotatable bonds is 4. The second-order valence-electron chi connectivity index (χ2n) is 5.81. The molecule has 1 amide bonds. The normalized spacial score (nSPS) is 12.2. The topological polar surface area (TPSA) is 101 Å². The quantitative estimate of drug-likeness (QED) is 0.756. The summed E-state index contributed by atoms with van der Waals surface area (Å²) >= 11 is 12.5. The van der Waals surface area contributed by atoms with Crippen LogP contribution in [0.15, 0.2) is 22.5 Å². The van der Waals surface area contributed by atoms with Gasteiger partial charge in [-0.3, -0.25) is 10.1 Å². The number of halogens is 2. The van der Waals surface area contributed by atoms with Crippen LogP contribution in [0.25, 0.3) is 0 Å². The Morgan fingerprint density at radius 1 is 1.21 bits per heavy atom. The van der Waals surface area contributed by atoms with Crippen LogP contribution < -0.4 is 10.0 Å². The minimum atomic E-state index is -3.81. The fourth-order valence-corrected chi connectivity index (χ4v) is 4.46. The molecule has 0 saturated heterocycles. The molecule has 0 aliphatic heterocycles. The van der Waals surface area contributed by atoms with Crippen LogP contribution in [0.3, 0.4) is 0 Å². The predicted molar refractivity (Wildman–Crippen MR) is 94.4 cm³/mol. The predicted octanol–water partition coefficient (Wildman–Crippen LogP) is 3.17. The van der Waals surface area contributed by atoms with Crippen molar-refractivity contribution in [2.75, 3.05) is 5.32 Å². The molecule has 0 aliphatic carbocycles. The Kier molecular flexibility index (Phi) is 5.50. The first kappa shape index (κ1) is 19.1. The van der Waals surface area contributed by atoms with Crippen molar-refractivity contribution < 1.29 is 13.2 Å². The van der Waals surface area contributed by atoms with E-state index in [1.165, 1.54) is 18.2 Å². The summed E-state index contributed by atoms with van der Waals surface area (Å²) in [5, 5.41) is 10.4. The van der Waals surface area contributed by atoms with Crippen molar-refractivity contribution in [3.8, 4) is 0 Å². The Balaban J connectivity index is 2.18. The molecule has 24 heavy (non-hydrogen) atoms. The van der Waals surface area contributed by atoms with Gasteiger partial charge in [-0.1, -0.05) is 34.5 Å². The maximum absolute atomic E-state index is 12.2. The van der Waals surface area contributed by atoms with Crippen molar-refractivity contribution in [3.05, 3.63) is 33.8 Å². The van der Waals surface area contributed by atoms with E-state index in [9.17, 15) is 13.2 Å². The van der Waals surface area contributed by atoms with E-state index in [-0.39, 0.29) is 20.1 Å². The number of anilines is 1. The smallest absolute Gasteiger partial charge is 0.270 e. The van der Waals surface area contributed by atoms with Gasteiger partial charge in [0.05, 0.1) is 10.6 Å². The number of carbonyl (C=O) groups excluding carboxylic acids is 1. The molecule has 1 aromatic carbocycles. The van der Waals surface area contributed by atoms with Crippen LogP contribution in [0, 0.1) is 0 Å². The molecule has 1 aromatic heterocycles. The van der Waals surface area contributed by atoms with Gasteiger partial charge in [-0.15, -0.1) is 10.2 Å². The van der Waals surface area contributed by atoms with Gasteiger partial charge < -0.3 is 0 Å².